The molecule has 1 rings (SSSR count). The second kappa shape index (κ2) is 6.25. The van der Waals surface area contributed by atoms with Crippen LogP contribution in [0.25, 0.3) is 0 Å². The van der Waals surface area contributed by atoms with Gasteiger partial charge in [-0.3, -0.25) is 4.79 Å². The smallest absolute Gasteiger partial charge is 0.252 e. The van der Waals surface area contributed by atoms with Crippen LogP contribution in [0.2, 0.25) is 0 Å². The average Bonchev–Trinajstić information content (AvgIpc) is 2.17. The minimum Gasteiger partial charge on any atom is -0.383 e. The fourth-order valence-corrected chi connectivity index (χ4v) is 2.26. The van der Waals surface area contributed by atoms with Crippen LogP contribution in [0.3, 0.4) is 0 Å². The molecule has 1 aromatic rings. The number of carbonyl (C=O) groups is 1. The maximum atomic E-state index is 11.6. The molecule has 0 aliphatic carbocycles. The van der Waals surface area contributed by atoms with Crippen molar-refractivity contribution in [2.45, 2.75) is 0 Å². The minimum atomic E-state index is -0.105. The van der Waals surface area contributed by atoms with Gasteiger partial charge in [0.15, 0.2) is 0 Å². The molecule has 0 aliphatic heterocycles. The monoisotopic (exact) mass is 335 g/mol. The molecular formula is C10H11Br2NO2. The van der Waals surface area contributed by atoms with Crippen molar-refractivity contribution >= 4 is 37.8 Å². The number of nitrogens with one attached hydrogen (secondary N) is 1. The van der Waals surface area contributed by atoms with Gasteiger partial charge in [-0.15, -0.1) is 0 Å². The van der Waals surface area contributed by atoms with E-state index in [1.54, 1.807) is 13.2 Å². The normalized spacial score (nSPS) is 10.1. The van der Waals surface area contributed by atoms with E-state index in [4.69, 9.17) is 4.74 Å². The van der Waals surface area contributed by atoms with Gasteiger partial charge in [0.1, 0.15) is 0 Å². The number of halogens is 2. The summed E-state index contributed by atoms with van der Waals surface area (Å²) in [4.78, 5) is 11.6. The first-order chi connectivity index (χ1) is 7.15. The molecule has 0 bridgehead atoms. The molecule has 0 saturated heterocycles. The van der Waals surface area contributed by atoms with Crippen LogP contribution in [0, 0.1) is 0 Å². The molecule has 5 heteroatoms. The number of amides is 1. The Morgan fingerprint density at radius 3 is 2.80 bits per heavy atom. The highest BCUT2D eigenvalue weighted by atomic mass is 79.9. The Kier molecular flexibility index (Phi) is 5.28. The molecule has 0 spiro atoms. The average molecular weight is 337 g/mol. The van der Waals surface area contributed by atoms with Crippen molar-refractivity contribution < 1.29 is 9.53 Å². The third kappa shape index (κ3) is 3.93. The van der Waals surface area contributed by atoms with Crippen LogP contribution in [0.15, 0.2) is 27.1 Å². The van der Waals surface area contributed by atoms with Crippen LogP contribution in [0.5, 0.6) is 0 Å². The maximum Gasteiger partial charge on any atom is 0.252 e. The van der Waals surface area contributed by atoms with E-state index in [-0.39, 0.29) is 5.91 Å². The van der Waals surface area contributed by atoms with E-state index >= 15 is 0 Å². The number of carbonyl (C=O) groups excluding carboxylic acids is 1. The molecule has 0 unspecified atom stereocenters. The molecule has 1 N–H and O–H groups in total. The molecule has 0 saturated carbocycles. The van der Waals surface area contributed by atoms with Crippen molar-refractivity contribution in [2.75, 3.05) is 20.3 Å². The standard InChI is InChI=1S/C10H11Br2NO2/c1-15-5-4-13-10(14)8-3-2-7(11)6-9(8)12/h2-3,6H,4-5H2,1H3,(H,13,14). The first-order valence-corrected chi connectivity index (χ1v) is 5.96. The van der Waals surface area contributed by atoms with Crippen molar-refractivity contribution in [1.29, 1.82) is 0 Å². The molecule has 0 aromatic heterocycles. The number of rotatable bonds is 4. The van der Waals surface area contributed by atoms with Crippen LogP contribution < -0.4 is 5.32 Å². The summed E-state index contributed by atoms with van der Waals surface area (Å²) in [5.41, 5.74) is 0.620. The summed E-state index contributed by atoms with van der Waals surface area (Å²) < 4.78 is 6.55. The van der Waals surface area contributed by atoms with Gasteiger partial charge in [-0.05, 0) is 34.1 Å². The van der Waals surface area contributed by atoms with Crippen molar-refractivity contribution in [1.82, 2.24) is 5.32 Å². The molecular weight excluding hydrogens is 326 g/mol. The third-order valence-electron chi connectivity index (χ3n) is 1.77. The summed E-state index contributed by atoms with van der Waals surface area (Å²) in [5.74, 6) is -0.105. The molecule has 0 atom stereocenters. The summed E-state index contributed by atoms with van der Waals surface area (Å²) in [5, 5.41) is 2.75. The highest BCUT2D eigenvalue weighted by Crippen LogP contribution is 2.21. The predicted molar refractivity (Wildman–Crippen MR) is 66.1 cm³/mol. The summed E-state index contributed by atoms with van der Waals surface area (Å²) in [6, 6.07) is 5.43. The van der Waals surface area contributed by atoms with E-state index in [1.807, 2.05) is 12.1 Å². The second-order valence-corrected chi connectivity index (χ2v) is 4.64. The summed E-state index contributed by atoms with van der Waals surface area (Å²) >= 11 is 6.66. The van der Waals surface area contributed by atoms with E-state index < -0.39 is 0 Å². The van der Waals surface area contributed by atoms with Crippen LogP contribution in [0.1, 0.15) is 10.4 Å². The lowest BCUT2D eigenvalue weighted by molar-refractivity contribution is 0.0936. The number of ether oxygens (including phenoxy) is 1. The predicted octanol–water partition coefficient (Wildman–Crippen LogP) is 2.59. The lowest BCUT2D eigenvalue weighted by atomic mass is 10.2. The van der Waals surface area contributed by atoms with E-state index in [0.29, 0.717) is 18.7 Å². The molecule has 0 fully saturated rings. The Labute approximate surface area is 105 Å². The van der Waals surface area contributed by atoms with Gasteiger partial charge >= 0.3 is 0 Å². The molecule has 0 heterocycles. The Hall–Kier alpha value is -0.390. The summed E-state index contributed by atoms with van der Waals surface area (Å²) in [6.07, 6.45) is 0. The molecule has 3 nitrogen and oxygen atoms in total. The fraction of sp³-hybridized carbons (Fsp3) is 0.300. The van der Waals surface area contributed by atoms with Crippen LogP contribution >= 0.6 is 31.9 Å². The zero-order valence-electron chi connectivity index (χ0n) is 8.22. The van der Waals surface area contributed by atoms with Gasteiger partial charge in [-0.25, -0.2) is 0 Å². The van der Waals surface area contributed by atoms with Crippen molar-refractivity contribution in [3.8, 4) is 0 Å². The zero-order chi connectivity index (χ0) is 11.3. The number of hydrogen-bond donors (Lipinski definition) is 1. The zero-order valence-corrected chi connectivity index (χ0v) is 11.4. The van der Waals surface area contributed by atoms with Crippen molar-refractivity contribution in [3.63, 3.8) is 0 Å². The molecule has 0 aliphatic rings. The Bertz CT molecular complexity index is 355. The van der Waals surface area contributed by atoms with Gasteiger partial charge in [0.05, 0.1) is 12.2 Å². The van der Waals surface area contributed by atoms with E-state index in [0.717, 1.165) is 8.95 Å². The van der Waals surface area contributed by atoms with Gasteiger partial charge in [0, 0.05) is 22.6 Å². The minimum absolute atomic E-state index is 0.105. The lowest BCUT2D eigenvalue weighted by Gasteiger charge is -2.06. The number of methoxy groups -OCH3 is 1. The van der Waals surface area contributed by atoms with E-state index in [9.17, 15) is 4.79 Å². The van der Waals surface area contributed by atoms with E-state index in [2.05, 4.69) is 37.2 Å². The quantitative estimate of drug-likeness (QED) is 0.858. The first kappa shape index (κ1) is 12.7. The Balaban J connectivity index is 2.65. The Morgan fingerprint density at radius 1 is 1.47 bits per heavy atom. The van der Waals surface area contributed by atoms with Crippen LogP contribution in [0.4, 0.5) is 0 Å². The molecule has 0 radical (unpaired) electrons. The van der Waals surface area contributed by atoms with Crippen LogP contribution in [-0.4, -0.2) is 26.2 Å². The Morgan fingerprint density at radius 2 is 2.20 bits per heavy atom. The van der Waals surface area contributed by atoms with Crippen LogP contribution in [-0.2, 0) is 4.74 Å². The highest BCUT2D eigenvalue weighted by Gasteiger charge is 2.08. The first-order valence-electron chi connectivity index (χ1n) is 4.37. The third-order valence-corrected chi connectivity index (χ3v) is 2.92. The topological polar surface area (TPSA) is 38.3 Å². The number of hydrogen-bond acceptors (Lipinski definition) is 2. The molecule has 15 heavy (non-hydrogen) atoms. The van der Waals surface area contributed by atoms with Crippen molar-refractivity contribution in [2.24, 2.45) is 0 Å². The molecule has 1 aromatic carbocycles. The second-order valence-electron chi connectivity index (χ2n) is 2.87. The highest BCUT2D eigenvalue weighted by molar-refractivity contribution is 9.11. The maximum absolute atomic E-state index is 11.6. The van der Waals surface area contributed by atoms with Gasteiger partial charge < -0.3 is 10.1 Å². The molecule has 1 amide bonds. The van der Waals surface area contributed by atoms with Crippen molar-refractivity contribution in [3.05, 3.63) is 32.7 Å². The van der Waals surface area contributed by atoms with E-state index in [1.165, 1.54) is 0 Å². The molecule has 82 valence electrons. The van der Waals surface area contributed by atoms with Gasteiger partial charge in [-0.2, -0.15) is 0 Å². The fourth-order valence-electron chi connectivity index (χ4n) is 1.04. The van der Waals surface area contributed by atoms with Gasteiger partial charge in [-0.1, -0.05) is 15.9 Å². The SMILES string of the molecule is COCCNC(=O)c1ccc(Br)cc1Br. The van der Waals surface area contributed by atoms with Gasteiger partial charge in [0.2, 0.25) is 0 Å². The summed E-state index contributed by atoms with van der Waals surface area (Å²) in [7, 11) is 1.60. The summed E-state index contributed by atoms with van der Waals surface area (Å²) in [6.45, 7) is 1.03. The lowest BCUT2D eigenvalue weighted by Crippen LogP contribution is -2.27. The largest absolute Gasteiger partial charge is 0.383 e. The number of benzene rings is 1. The van der Waals surface area contributed by atoms with Gasteiger partial charge in [0.25, 0.3) is 5.91 Å².